The summed E-state index contributed by atoms with van der Waals surface area (Å²) in [7, 11) is 0. The highest BCUT2D eigenvalue weighted by molar-refractivity contribution is 4.77. The van der Waals surface area contributed by atoms with Gasteiger partial charge in [0.2, 0.25) is 0 Å². The van der Waals surface area contributed by atoms with Gasteiger partial charge >= 0.3 is 0 Å². The molecule has 0 spiro atoms. The maximum Gasteiger partial charge on any atom is 0.0664 e. The zero-order valence-electron chi connectivity index (χ0n) is 9.14. The predicted octanol–water partition coefficient (Wildman–Crippen LogP) is 1.93. The molecule has 1 rings (SSSR count). The summed E-state index contributed by atoms with van der Waals surface area (Å²) in [5.74, 6) is 0.935. The average Bonchev–Trinajstić information content (AvgIpc) is 2.78. The highest BCUT2D eigenvalue weighted by Gasteiger charge is 2.22. The second kappa shape index (κ2) is 4.43. The summed E-state index contributed by atoms with van der Waals surface area (Å²) < 4.78 is 0. The molecular weight excluding hydrogens is 162 g/mol. The van der Waals surface area contributed by atoms with Crippen molar-refractivity contribution in [3.05, 3.63) is 0 Å². The van der Waals surface area contributed by atoms with Crippen molar-refractivity contribution in [3.63, 3.8) is 0 Å². The minimum Gasteiger partial charge on any atom is -0.392 e. The van der Waals surface area contributed by atoms with Crippen LogP contribution in [-0.4, -0.2) is 23.3 Å². The highest BCUT2D eigenvalue weighted by atomic mass is 16.3. The minimum absolute atomic E-state index is 0.126. The maximum atomic E-state index is 9.63. The molecule has 2 heteroatoms. The van der Waals surface area contributed by atoms with E-state index in [1.54, 1.807) is 0 Å². The van der Waals surface area contributed by atoms with E-state index in [9.17, 15) is 5.11 Å². The Bertz CT molecular complexity index is 147. The number of nitrogens with one attached hydrogen (secondary N) is 1. The zero-order valence-corrected chi connectivity index (χ0v) is 9.14. The van der Waals surface area contributed by atoms with Crippen LogP contribution in [0.3, 0.4) is 0 Å². The van der Waals surface area contributed by atoms with Gasteiger partial charge in [-0.15, -0.1) is 0 Å². The van der Waals surface area contributed by atoms with Crippen molar-refractivity contribution in [1.29, 1.82) is 0 Å². The summed E-state index contributed by atoms with van der Waals surface area (Å²) >= 11 is 0. The standard InChI is InChI=1S/C11H23NO/c1-11(2,3)12-8-10(13)7-6-9-4-5-9/h9-10,12-13H,4-8H2,1-3H3. The molecule has 1 fully saturated rings. The van der Waals surface area contributed by atoms with E-state index in [-0.39, 0.29) is 11.6 Å². The fourth-order valence-electron chi connectivity index (χ4n) is 1.36. The third-order valence-electron chi connectivity index (χ3n) is 2.47. The highest BCUT2D eigenvalue weighted by Crippen LogP contribution is 2.33. The maximum absolute atomic E-state index is 9.63. The van der Waals surface area contributed by atoms with Gasteiger partial charge in [0.1, 0.15) is 0 Å². The lowest BCUT2D eigenvalue weighted by atomic mass is 10.1. The molecule has 0 bridgehead atoms. The van der Waals surface area contributed by atoms with Crippen LogP contribution >= 0.6 is 0 Å². The van der Waals surface area contributed by atoms with Crippen molar-refractivity contribution >= 4 is 0 Å². The van der Waals surface area contributed by atoms with Gasteiger partial charge in [-0.2, -0.15) is 0 Å². The van der Waals surface area contributed by atoms with Gasteiger partial charge in [0.15, 0.2) is 0 Å². The topological polar surface area (TPSA) is 32.3 Å². The molecule has 1 unspecified atom stereocenters. The predicted molar refractivity (Wildman–Crippen MR) is 55.7 cm³/mol. The van der Waals surface area contributed by atoms with Gasteiger partial charge in [0.05, 0.1) is 6.10 Å². The molecule has 78 valence electrons. The quantitative estimate of drug-likeness (QED) is 0.686. The van der Waals surface area contributed by atoms with E-state index < -0.39 is 0 Å². The van der Waals surface area contributed by atoms with Crippen LogP contribution in [-0.2, 0) is 0 Å². The molecular formula is C11H23NO. The van der Waals surface area contributed by atoms with Crippen LogP contribution in [0.1, 0.15) is 46.5 Å². The van der Waals surface area contributed by atoms with E-state index in [0.717, 1.165) is 18.9 Å². The van der Waals surface area contributed by atoms with Crippen LogP contribution in [0, 0.1) is 5.92 Å². The summed E-state index contributed by atoms with van der Waals surface area (Å²) in [5.41, 5.74) is 0.126. The molecule has 2 N–H and O–H groups in total. The van der Waals surface area contributed by atoms with Gasteiger partial charge in [-0.1, -0.05) is 12.8 Å². The number of β-amino-alcohol motifs (C(OH)–C–C–N with tert-alkyl or cyclic N) is 1. The lowest BCUT2D eigenvalue weighted by Crippen LogP contribution is -2.40. The van der Waals surface area contributed by atoms with Crippen molar-refractivity contribution in [2.45, 2.75) is 58.1 Å². The molecule has 0 amide bonds. The molecule has 0 heterocycles. The monoisotopic (exact) mass is 185 g/mol. The molecule has 0 aliphatic heterocycles. The molecule has 1 aliphatic carbocycles. The average molecular weight is 185 g/mol. The number of aliphatic hydroxyl groups excluding tert-OH is 1. The largest absolute Gasteiger partial charge is 0.392 e. The SMILES string of the molecule is CC(C)(C)NCC(O)CCC1CC1. The van der Waals surface area contributed by atoms with Gasteiger partial charge in [-0.25, -0.2) is 0 Å². The van der Waals surface area contributed by atoms with Crippen molar-refractivity contribution in [1.82, 2.24) is 5.32 Å². The van der Waals surface area contributed by atoms with E-state index in [0.29, 0.717) is 0 Å². The Kier molecular flexibility index (Phi) is 3.74. The number of aliphatic hydroxyl groups is 1. The lowest BCUT2D eigenvalue weighted by Gasteiger charge is -2.22. The Hall–Kier alpha value is -0.0800. The van der Waals surface area contributed by atoms with Gasteiger partial charge < -0.3 is 10.4 Å². The van der Waals surface area contributed by atoms with Crippen molar-refractivity contribution in [3.8, 4) is 0 Å². The van der Waals surface area contributed by atoms with Crippen LogP contribution in [0.2, 0.25) is 0 Å². The van der Waals surface area contributed by atoms with Crippen LogP contribution in [0.15, 0.2) is 0 Å². The van der Waals surface area contributed by atoms with Crippen LogP contribution in [0.4, 0.5) is 0 Å². The summed E-state index contributed by atoms with van der Waals surface area (Å²) in [6.07, 6.45) is 4.80. The van der Waals surface area contributed by atoms with Gasteiger partial charge in [-0.3, -0.25) is 0 Å². The Morgan fingerprint density at radius 1 is 1.38 bits per heavy atom. The molecule has 1 aliphatic rings. The van der Waals surface area contributed by atoms with Crippen molar-refractivity contribution in [2.24, 2.45) is 5.92 Å². The Balaban J connectivity index is 1.99. The first-order valence-corrected chi connectivity index (χ1v) is 5.40. The van der Waals surface area contributed by atoms with E-state index in [1.807, 2.05) is 0 Å². The molecule has 1 saturated carbocycles. The van der Waals surface area contributed by atoms with Gasteiger partial charge in [0.25, 0.3) is 0 Å². The molecule has 13 heavy (non-hydrogen) atoms. The summed E-state index contributed by atoms with van der Waals surface area (Å²) in [6.45, 7) is 7.11. The van der Waals surface area contributed by atoms with Crippen LogP contribution in [0.5, 0.6) is 0 Å². The first-order chi connectivity index (χ1) is 5.97. The van der Waals surface area contributed by atoms with Gasteiger partial charge in [-0.05, 0) is 39.5 Å². The summed E-state index contributed by atoms with van der Waals surface area (Å²) in [4.78, 5) is 0. The Labute approximate surface area is 81.7 Å². The smallest absolute Gasteiger partial charge is 0.0664 e. The van der Waals surface area contributed by atoms with Crippen LogP contribution < -0.4 is 5.32 Å². The lowest BCUT2D eigenvalue weighted by molar-refractivity contribution is 0.147. The zero-order chi connectivity index (χ0) is 9.90. The van der Waals surface area contributed by atoms with E-state index in [1.165, 1.54) is 19.3 Å². The molecule has 0 aromatic carbocycles. The molecule has 1 atom stereocenters. The normalized spacial score (nSPS) is 20.3. The first-order valence-electron chi connectivity index (χ1n) is 5.40. The third-order valence-corrected chi connectivity index (χ3v) is 2.47. The van der Waals surface area contributed by atoms with Gasteiger partial charge in [0, 0.05) is 12.1 Å². The number of hydrogen-bond acceptors (Lipinski definition) is 2. The van der Waals surface area contributed by atoms with Crippen molar-refractivity contribution < 1.29 is 5.11 Å². The van der Waals surface area contributed by atoms with E-state index in [2.05, 4.69) is 26.1 Å². The molecule has 0 aromatic heterocycles. The minimum atomic E-state index is -0.153. The molecule has 0 radical (unpaired) electrons. The molecule has 2 nitrogen and oxygen atoms in total. The van der Waals surface area contributed by atoms with E-state index >= 15 is 0 Å². The fourth-order valence-corrected chi connectivity index (χ4v) is 1.36. The Morgan fingerprint density at radius 2 is 2.00 bits per heavy atom. The summed E-state index contributed by atoms with van der Waals surface area (Å²) in [5, 5.41) is 12.9. The number of hydrogen-bond donors (Lipinski definition) is 2. The third kappa shape index (κ3) is 6.05. The van der Waals surface area contributed by atoms with E-state index in [4.69, 9.17) is 0 Å². The molecule has 0 saturated heterocycles. The van der Waals surface area contributed by atoms with Crippen LogP contribution in [0.25, 0.3) is 0 Å². The van der Waals surface area contributed by atoms with Crippen molar-refractivity contribution in [2.75, 3.05) is 6.54 Å². The second-order valence-electron chi connectivity index (χ2n) is 5.31. The second-order valence-corrected chi connectivity index (χ2v) is 5.31. The Morgan fingerprint density at radius 3 is 2.46 bits per heavy atom. The first kappa shape index (κ1) is 11.0. The number of rotatable bonds is 5. The molecule has 0 aromatic rings. The fraction of sp³-hybridized carbons (Fsp3) is 1.00. The summed E-state index contributed by atoms with van der Waals surface area (Å²) in [6, 6.07) is 0.